The van der Waals surface area contributed by atoms with E-state index in [-0.39, 0.29) is 25.1 Å². The molecule has 1 atom stereocenters. The van der Waals surface area contributed by atoms with Crippen LogP contribution in [0.15, 0.2) is 18.2 Å². The van der Waals surface area contributed by atoms with Crippen molar-refractivity contribution in [3.63, 3.8) is 0 Å². The summed E-state index contributed by atoms with van der Waals surface area (Å²) in [5, 5.41) is 2.72. The molecule has 0 fully saturated rings. The van der Waals surface area contributed by atoms with E-state index in [1.165, 1.54) is 0 Å². The highest BCUT2D eigenvalue weighted by molar-refractivity contribution is 5.94. The quantitative estimate of drug-likeness (QED) is 0.862. The molecule has 0 aromatic heterocycles. The molecule has 0 unspecified atom stereocenters. The molecule has 1 aromatic carbocycles. The summed E-state index contributed by atoms with van der Waals surface area (Å²) in [5.74, 6) is 1.14. The number of carbonyl (C=O) groups is 1. The van der Waals surface area contributed by atoms with Crippen LogP contribution in [0.2, 0.25) is 0 Å². The average Bonchev–Trinajstić information content (AvgIpc) is 2.75. The Bertz CT molecular complexity index is 412. The van der Waals surface area contributed by atoms with E-state index in [0.29, 0.717) is 23.6 Å². The Balaban J connectivity index is 0.00000144. The average molecular weight is 259 g/mol. The number of hydrogen-bond acceptors (Lipinski definition) is 4. The maximum atomic E-state index is 11.5. The number of amides is 1. The van der Waals surface area contributed by atoms with Gasteiger partial charge in [-0.15, -0.1) is 12.4 Å². The summed E-state index contributed by atoms with van der Waals surface area (Å²) < 4.78 is 10.4. The molecule has 1 aliphatic rings. The molecule has 0 bridgehead atoms. The highest BCUT2D eigenvalue weighted by Crippen LogP contribution is 2.34. The number of benzene rings is 1. The Labute approximate surface area is 106 Å². The molecular formula is C11H15ClN2O3. The Morgan fingerprint density at radius 1 is 1.47 bits per heavy atom. The molecule has 5 nitrogen and oxygen atoms in total. The number of nitrogens with one attached hydrogen (secondary N) is 1. The lowest BCUT2D eigenvalue weighted by Gasteiger charge is -2.10. The van der Waals surface area contributed by atoms with Gasteiger partial charge in [0, 0.05) is 11.8 Å². The topological polar surface area (TPSA) is 73.6 Å². The second-order valence-corrected chi connectivity index (χ2v) is 3.57. The molecule has 1 aliphatic heterocycles. The van der Waals surface area contributed by atoms with Gasteiger partial charge in [0.1, 0.15) is 0 Å². The molecule has 0 aliphatic carbocycles. The largest absolute Gasteiger partial charge is 0.454 e. The van der Waals surface area contributed by atoms with Crippen LogP contribution in [0.25, 0.3) is 0 Å². The van der Waals surface area contributed by atoms with E-state index in [1.807, 2.05) is 6.92 Å². The van der Waals surface area contributed by atoms with Crippen molar-refractivity contribution >= 4 is 24.0 Å². The number of anilines is 1. The molecule has 0 saturated carbocycles. The van der Waals surface area contributed by atoms with E-state index in [2.05, 4.69) is 5.32 Å². The number of hydrogen-bond donors (Lipinski definition) is 2. The van der Waals surface area contributed by atoms with Gasteiger partial charge in [-0.1, -0.05) is 6.92 Å². The van der Waals surface area contributed by atoms with Crippen LogP contribution in [-0.2, 0) is 4.79 Å². The number of rotatable bonds is 3. The predicted molar refractivity (Wildman–Crippen MR) is 66.7 cm³/mol. The number of ether oxygens (including phenoxy) is 2. The number of fused-ring (bicyclic) bond motifs is 1. The van der Waals surface area contributed by atoms with Gasteiger partial charge >= 0.3 is 0 Å². The van der Waals surface area contributed by atoms with Crippen molar-refractivity contribution < 1.29 is 14.3 Å². The highest BCUT2D eigenvalue weighted by Gasteiger charge is 2.15. The van der Waals surface area contributed by atoms with Gasteiger partial charge in [-0.05, 0) is 18.6 Å². The number of halogens is 1. The maximum absolute atomic E-state index is 11.5. The number of nitrogens with two attached hydrogens (primary N) is 1. The zero-order chi connectivity index (χ0) is 11.5. The first-order valence-electron chi connectivity index (χ1n) is 5.17. The summed E-state index contributed by atoms with van der Waals surface area (Å²) in [5.41, 5.74) is 6.27. The number of carbonyl (C=O) groups excluding carboxylic acids is 1. The summed E-state index contributed by atoms with van der Waals surface area (Å²) in [4.78, 5) is 11.5. The minimum atomic E-state index is -0.481. The smallest absolute Gasteiger partial charge is 0.241 e. The van der Waals surface area contributed by atoms with E-state index in [0.717, 1.165) is 0 Å². The van der Waals surface area contributed by atoms with E-state index < -0.39 is 6.04 Å². The molecule has 3 N–H and O–H groups in total. The van der Waals surface area contributed by atoms with Crippen molar-refractivity contribution in [2.45, 2.75) is 19.4 Å². The van der Waals surface area contributed by atoms with E-state index in [4.69, 9.17) is 15.2 Å². The van der Waals surface area contributed by atoms with Crippen LogP contribution in [0.4, 0.5) is 5.69 Å². The van der Waals surface area contributed by atoms with Gasteiger partial charge in [0.25, 0.3) is 0 Å². The van der Waals surface area contributed by atoms with E-state index in [9.17, 15) is 4.79 Å². The lowest BCUT2D eigenvalue weighted by atomic mass is 10.2. The monoisotopic (exact) mass is 258 g/mol. The van der Waals surface area contributed by atoms with Crippen LogP contribution in [0.5, 0.6) is 11.5 Å². The third-order valence-corrected chi connectivity index (χ3v) is 2.42. The zero-order valence-corrected chi connectivity index (χ0v) is 10.3. The third kappa shape index (κ3) is 3.01. The van der Waals surface area contributed by atoms with Gasteiger partial charge < -0.3 is 20.5 Å². The van der Waals surface area contributed by atoms with Crippen molar-refractivity contribution in [2.24, 2.45) is 5.73 Å². The van der Waals surface area contributed by atoms with Gasteiger partial charge in [0.2, 0.25) is 12.7 Å². The van der Waals surface area contributed by atoms with Crippen molar-refractivity contribution in [3.05, 3.63) is 18.2 Å². The van der Waals surface area contributed by atoms with Gasteiger partial charge in [0.15, 0.2) is 11.5 Å². The molecule has 0 radical (unpaired) electrons. The normalized spacial score (nSPS) is 13.8. The van der Waals surface area contributed by atoms with Crippen molar-refractivity contribution in [3.8, 4) is 11.5 Å². The molecule has 2 rings (SSSR count). The van der Waals surface area contributed by atoms with Crippen molar-refractivity contribution in [1.29, 1.82) is 0 Å². The van der Waals surface area contributed by atoms with Gasteiger partial charge in [0.05, 0.1) is 6.04 Å². The lowest BCUT2D eigenvalue weighted by Crippen LogP contribution is -2.34. The summed E-state index contributed by atoms with van der Waals surface area (Å²) in [6.07, 6.45) is 0.608. The fraction of sp³-hybridized carbons (Fsp3) is 0.364. The fourth-order valence-corrected chi connectivity index (χ4v) is 1.39. The van der Waals surface area contributed by atoms with E-state index in [1.54, 1.807) is 18.2 Å². The molecule has 94 valence electrons. The molecule has 1 aromatic rings. The standard InChI is InChI=1S/C11H14N2O3.ClH/c1-2-8(12)11(14)13-7-3-4-9-10(5-7)16-6-15-9;/h3-5,8H,2,6,12H2,1H3,(H,13,14);1H/t8-;/m0./s1. The molecule has 17 heavy (non-hydrogen) atoms. The Morgan fingerprint density at radius 3 is 2.88 bits per heavy atom. The Hall–Kier alpha value is -1.46. The molecule has 1 amide bonds. The molecule has 0 saturated heterocycles. The third-order valence-electron chi connectivity index (χ3n) is 2.42. The van der Waals surface area contributed by atoms with Crippen molar-refractivity contribution in [1.82, 2.24) is 0 Å². The molecule has 0 spiro atoms. The summed E-state index contributed by atoms with van der Waals surface area (Å²) >= 11 is 0. The van der Waals surface area contributed by atoms with Crippen LogP contribution in [0, 0.1) is 0 Å². The minimum absolute atomic E-state index is 0. The Morgan fingerprint density at radius 2 is 2.18 bits per heavy atom. The highest BCUT2D eigenvalue weighted by atomic mass is 35.5. The van der Waals surface area contributed by atoms with Gasteiger partial charge in [-0.25, -0.2) is 0 Å². The molecule has 1 heterocycles. The lowest BCUT2D eigenvalue weighted by molar-refractivity contribution is -0.117. The SMILES string of the molecule is CC[C@H](N)C(=O)Nc1ccc2c(c1)OCO2.Cl. The fourth-order valence-electron chi connectivity index (χ4n) is 1.39. The van der Waals surface area contributed by atoms with Crippen LogP contribution in [0.3, 0.4) is 0 Å². The van der Waals surface area contributed by atoms with Crippen LogP contribution < -0.4 is 20.5 Å². The summed E-state index contributed by atoms with van der Waals surface area (Å²) in [6.45, 7) is 2.09. The predicted octanol–water partition coefficient (Wildman–Crippen LogP) is 1.51. The summed E-state index contributed by atoms with van der Waals surface area (Å²) in [6, 6.07) is 4.76. The van der Waals surface area contributed by atoms with Crippen molar-refractivity contribution in [2.75, 3.05) is 12.1 Å². The summed E-state index contributed by atoms with van der Waals surface area (Å²) in [7, 11) is 0. The Kier molecular flexibility index (Phi) is 4.60. The molecule has 6 heteroatoms. The minimum Gasteiger partial charge on any atom is -0.454 e. The second kappa shape index (κ2) is 5.75. The first-order chi connectivity index (χ1) is 7.70. The first kappa shape index (κ1) is 13.6. The van der Waals surface area contributed by atoms with Gasteiger partial charge in [-0.3, -0.25) is 4.79 Å². The van der Waals surface area contributed by atoms with E-state index >= 15 is 0 Å². The zero-order valence-electron chi connectivity index (χ0n) is 9.43. The van der Waals surface area contributed by atoms with Crippen LogP contribution in [0.1, 0.15) is 13.3 Å². The second-order valence-electron chi connectivity index (χ2n) is 3.57. The van der Waals surface area contributed by atoms with Gasteiger partial charge in [-0.2, -0.15) is 0 Å². The van der Waals surface area contributed by atoms with Crippen LogP contribution >= 0.6 is 12.4 Å². The molecular weight excluding hydrogens is 244 g/mol. The van der Waals surface area contributed by atoms with Crippen LogP contribution in [-0.4, -0.2) is 18.7 Å². The first-order valence-corrected chi connectivity index (χ1v) is 5.17. The maximum Gasteiger partial charge on any atom is 0.241 e.